The topological polar surface area (TPSA) is 106 Å². The van der Waals surface area contributed by atoms with Gasteiger partial charge in [0, 0.05) is 24.1 Å². The van der Waals surface area contributed by atoms with E-state index >= 15 is 0 Å². The number of halogens is 1. The van der Waals surface area contributed by atoms with Crippen molar-refractivity contribution in [2.45, 2.75) is 43.2 Å². The highest BCUT2D eigenvalue weighted by molar-refractivity contribution is 7.89. The second-order valence-corrected chi connectivity index (χ2v) is 7.85. The molecule has 3 rings (SSSR count). The van der Waals surface area contributed by atoms with E-state index in [9.17, 15) is 8.42 Å². The fourth-order valence-corrected chi connectivity index (χ4v) is 3.83. The third-order valence-electron chi connectivity index (χ3n) is 4.05. The van der Waals surface area contributed by atoms with E-state index in [0.29, 0.717) is 17.8 Å². The average molecular weight is 403 g/mol. The Morgan fingerprint density at radius 3 is 2.73 bits per heavy atom. The average Bonchev–Trinajstić information content (AvgIpc) is 3.28. The lowest BCUT2D eigenvalue weighted by molar-refractivity contribution is 0.401. The normalized spacial score (nSPS) is 15.3. The molecule has 0 radical (unpaired) electrons. The van der Waals surface area contributed by atoms with Crippen LogP contribution in [0.4, 0.5) is 0 Å². The number of ether oxygens (including phenoxy) is 1. The molecule has 1 atom stereocenters. The lowest BCUT2D eigenvalue weighted by Crippen LogP contribution is -2.26. The molecule has 2 aromatic rings. The highest BCUT2D eigenvalue weighted by atomic mass is 35.5. The molecule has 0 bridgehead atoms. The molecule has 1 heterocycles. The fourth-order valence-electron chi connectivity index (χ4n) is 2.33. The zero-order valence-corrected chi connectivity index (χ0v) is 16.5. The number of nitrogens with one attached hydrogen (secondary N) is 2. The highest BCUT2D eigenvalue weighted by Gasteiger charge is 2.30. The summed E-state index contributed by atoms with van der Waals surface area (Å²) >= 11 is 0. The van der Waals surface area contributed by atoms with Crippen molar-refractivity contribution in [1.29, 1.82) is 0 Å². The summed E-state index contributed by atoms with van der Waals surface area (Å²) in [5.74, 6) is 1.12. The smallest absolute Gasteiger partial charge is 0.257 e. The maximum atomic E-state index is 12.6. The first kappa shape index (κ1) is 20.6. The summed E-state index contributed by atoms with van der Waals surface area (Å²) in [7, 11) is -0.361. The molecule has 1 aromatic heterocycles. The molecule has 2 N–H and O–H groups in total. The van der Waals surface area contributed by atoms with Crippen LogP contribution in [0.5, 0.6) is 5.75 Å². The number of aromatic nitrogens is 2. The Bertz CT molecular complexity index is 852. The van der Waals surface area contributed by atoms with Crippen LogP contribution >= 0.6 is 12.4 Å². The molecule has 1 unspecified atom stereocenters. The quantitative estimate of drug-likeness (QED) is 0.692. The Morgan fingerprint density at radius 1 is 1.38 bits per heavy atom. The van der Waals surface area contributed by atoms with Crippen LogP contribution < -0.4 is 14.8 Å². The molecular weight excluding hydrogens is 380 g/mol. The van der Waals surface area contributed by atoms with Gasteiger partial charge >= 0.3 is 0 Å². The summed E-state index contributed by atoms with van der Waals surface area (Å²) in [5, 5.41) is 7.06. The fraction of sp³-hybridized carbons (Fsp3) is 0.500. The molecule has 8 nitrogen and oxygen atoms in total. The summed E-state index contributed by atoms with van der Waals surface area (Å²) in [6, 6.07) is 5.02. The number of hydrogen-bond acceptors (Lipinski definition) is 7. The van der Waals surface area contributed by atoms with Gasteiger partial charge in [-0.25, -0.2) is 13.1 Å². The predicted octanol–water partition coefficient (Wildman–Crippen LogP) is 1.76. The van der Waals surface area contributed by atoms with Crippen molar-refractivity contribution in [2.75, 3.05) is 14.2 Å². The SMILES string of the molecule is CNC(C)Cc1noc(-c2ccc(OC)c(S(=O)(=O)NC3CC3)c2)n1.Cl. The van der Waals surface area contributed by atoms with Crippen molar-refractivity contribution in [3.05, 3.63) is 24.0 Å². The summed E-state index contributed by atoms with van der Waals surface area (Å²) in [6.07, 6.45) is 2.33. The van der Waals surface area contributed by atoms with Crippen LogP contribution in [-0.2, 0) is 16.4 Å². The number of sulfonamides is 1. The zero-order valence-electron chi connectivity index (χ0n) is 14.9. The van der Waals surface area contributed by atoms with Gasteiger partial charge in [0.2, 0.25) is 10.0 Å². The molecule has 10 heteroatoms. The number of benzene rings is 1. The Labute approximate surface area is 159 Å². The molecule has 1 saturated carbocycles. The lowest BCUT2D eigenvalue weighted by Gasteiger charge is -2.11. The van der Waals surface area contributed by atoms with Crippen molar-refractivity contribution in [3.8, 4) is 17.2 Å². The highest BCUT2D eigenvalue weighted by Crippen LogP contribution is 2.31. The summed E-state index contributed by atoms with van der Waals surface area (Å²) in [6.45, 7) is 2.01. The van der Waals surface area contributed by atoms with E-state index < -0.39 is 10.0 Å². The van der Waals surface area contributed by atoms with Gasteiger partial charge in [0.15, 0.2) is 5.82 Å². The monoisotopic (exact) mass is 402 g/mol. The first-order chi connectivity index (χ1) is 11.9. The van der Waals surface area contributed by atoms with Gasteiger partial charge in [0.1, 0.15) is 10.6 Å². The van der Waals surface area contributed by atoms with Crippen LogP contribution in [0.1, 0.15) is 25.6 Å². The van der Waals surface area contributed by atoms with E-state index in [4.69, 9.17) is 9.26 Å². The molecular formula is C16H23ClN4O4S. The predicted molar refractivity (Wildman–Crippen MR) is 99.1 cm³/mol. The van der Waals surface area contributed by atoms with Crippen molar-refractivity contribution < 1.29 is 17.7 Å². The van der Waals surface area contributed by atoms with E-state index in [1.165, 1.54) is 13.2 Å². The van der Waals surface area contributed by atoms with Crippen LogP contribution in [0.2, 0.25) is 0 Å². The Balaban J connectivity index is 0.00000243. The van der Waals surface area contributed by atoms with Crippen LogP contribution in [-0.4, -0.2) is 44.8 Å². The van der Waals surface area contributed by atoms with E-state index in [2.05, 4.69) is 20.2 Å². The van der Waals surface area contributed by atoms with Crippen molar-refractivity contribution in [1.82, 2.24) is 20.2 Å². The largest absolute Gasteiger partial charge is 0.495 e. The van der Waals surface area contributed by atoms with E-state index in [1.54, 1.807) is 12.1 Å². The molecule has 26 heavy (non-hydrogen) atoms. The number of rotatable bonds is 8. The third-order valence-corrected chi connectivity index (χ3v) is 5.59. The molecule has 0 spiro atoms. The van der Waals surface area contributed by atoms with Gasteiger partial charge in [-0.05, 0) is 45.0 Å². The lowest BCUT2D eigenvalue weighted by atomic mass is 10.2. The van der Waals surface area contributed by atoms with Gasteiger partial charge in [-0.2, -0.15) is 4.98 Å². The van der Waals surface area contributed by atoms with E-state index in [-0.39, 0.29) is 41.0 Å². The van der Waals surface area contributed by atoms with Crippen LogP contribution in [0.15, 0.2) is 27.6 Å². The maximum Gasteiger partial charge on any atom is 0.257 e. The third kappa shape index (κ3) is 4.73. The molecule has 1 aliphatic carbocycles. The molecule has 144 valence electrons. The van der Waals surface area contributed by atoms with Gasteiger partial charge in [-0.3, -0.25) is 0 Å². The van der Waals surface area contributed by atoms with Crippen LogP contribution in [0, 0.1) is 0 Å². The summed E-state index contributed by atoms with van der Waals surface area (Å²) in [4.78, 5) is 4.42. The number of nitrogens with zero attached hydrogens (tertiary/aromatic N) is 2. The van der Waals surface area contributed by atoms with Gasteiger partial charge in [0.05, 0.1) is 7.11 Å². The second-order valence-electron chi connectivity index (χ2n) is 6.17. The van der Waals surface area contributed by atoms with Gasteiger partial charge < -0.3 is 14.6 Å². The maximum absolute atomic E-state index is 12.6. The minimum atomic E-state index is -3.66. The minimum Gasteiger partial charge on any atom is -0.495 e. The minimum absolute atomic E-state index is 0. The molecule has 0 amide bonds. The molecule has 0 saturated heterocycles. The number of likely N-dealkylation sites (N-methyl/N-ethyl adjacent to an activating group) is 1. The van der Waals surface area contributed by atoms with E-state index in [0.717, 1.165) is 12.8 Å². The standard InChI is InChI=1S/C16H22N4O4S.ClH/c1-10(17-2)8-15-18-16(24-19-15)11-4-7-13(23-3)14(9-11)25(21,22)20-12-5-6-12;/h4,7,9-10,12,17,20H,5-6,8H2,1-3H3;1H. The number of methoxy groups -OCH3 is 1. The van der Waals surface area contributed by atoms with Gasteiger partial charge in [-0.1, -0.05) is 5.16 Å². The Hall–Kier alpha value is -1.68. The van der Waals surface area contributed by atoms with Gasteiger partial charge in [0.25, 0.3) is 5.89 Å². The molecule has 1 aromatic carbocycles. The van der Waals surface area contributed by atoms with Crippen LogP contribution in [0.25, 0.3) is 11.5 Å². The van der Waals surface area contributed by atoms with Crippen molar-refractivity contribution >= 4 is 22.4 Å². The first-order valence-corrected chi connectivity index (χ1v) is 9.62. The summed E-state index contributed by atoms with van der Waals surface area (Å²) < 4.78 is 38.3. The summed E-state index contributed by atoms with van der Waals surface area (Å²) in [5.41, 5.74) is 0.535. The Kier molecular flexibility index (Phi) is 6.62. The van der Waals surface area contributed by atoms with E-state index in [1.807, 2.05) is 14.0 Å². The van der Waals surface area contributed by atoms with Gasteiger partial charge in [-0.15, -0.1) is 12.4 Å². The molecule has 1 aliphatic rings. The first-order valence-electron chi connectivity index (χ1n) is 8.13. The Morgan fingerprint density at radius 2 is 2.12 bits per heavy atom. The number of hydrogen-bond donors (Lipinski definition) is 2. The zero-order chi connectivity index (χ0) is 18.0. The molecule has 1 fully saturated rings. The van der Waals surface area contributed by atoms with Crippen molar-refractivity contribution in [3.63, 3.8) is 0 Å². The van der Waals surface area contributed by atoms with Crippen LogP contribution in [0.3, 0.4) is 0 Å². The van der Waals surface area contributed by atoms with Crippen molar-refractivity contribution in [2.24, 2.45) is 0 Å². The second kappa shape index (κ2) is 8.34. The molecule has 0 aliphatic heterocycles.